The van der Waals surface area contributed by atoms with E-state index in [0.29, 0.717) is 11.0 Å². The Morgan fingerprint density at radius 2 is 1.76 bits per heavy atom. The second-order valence-corrected chi connectivity index (χ2v) is 6.47. The molecule has 0 bridgehead atoms. The Labute approximate surface area is 148 Å². The van der Waals surface area contributed by atoms with Gasteiger partial charge in [-0.2, -0.15) is 5.10 Å². The molecule has 0 amide bonds. The molecule has 0 aliphatic rings. The van der Waals surface area contributed by atoms with E-state index in [1.54, 1.807) is 6.92 Å². The van der Waals surface area contributed by atoms with E-state index in [9.17, 15) is 0 Å². The van der Waals surface area contributed by atoms with Crippen molar-refractivity contribution in [3.63, 3.8) is 0 Å². The molecular formula is C19H15N5S. The molecule has 0 radical (unpaired) electrons. The summed E-state index contributed by atoms with van der Waals surface area (Å²) in [6.07, 6.45) is 0. The number of anilines is 1. The summed E-state index contributed by atoms with van der Waals surface area (Å²) < 4.78 is 1.10. The first-order valence-corrected chi connectivity index (χ1v) is 8.67. The summed E-state index contributed by atoms with van der Waals surface area (Å²) in [5.74, 6) is 0.534. The van der Waals surface area contributed by atoms with Crippen molar-refractivity contribution in [3.05, 3.63) is 66.7 Å². The lowest BCUT2D eigenvalue weighted by Crippen LogP contribution is -1.94. The maximum absolute atomic E-state index is 4.43. The number of azo groups is 1. The van der Waals surface area contributed by atoms with Gasteiger partial charge in [0.15, 0.2) is 5.84 Å². The lowest BCUT2D eigenvalue weighted by Gasteiger charge is -2.05. The zero-order valence-corrected chi connectivity index (χ0v) is 14.4. The highest BCUT2D eigenvalue weighted by molar-refractivity contribution is 7.21. The van der Waals surface area contributed by atoms with Gasteiger partial charge in [0.2, 0.25) is 5.13 Å². The summed E-state index contributed by atoms with van der Waals surface area (Å²) in [6, 6.07) is 22.2. The number of nitrogens with one attached hydrogen (secondary N) is 1. The van der Waals surface area contributed by atoms with Crippen LogP contribution in [-0.2, 0) is 0 Å². The summed E-state index contributed by atoms with van der Waals surface area (Å²) in [5.41, 5.74) is 4.94. The fourth-order valence-electron chi connectivity index (χ4n) is 2.50. The van der Waals surface area contributed by atoms with Crippen molar-refractivity contribution >= 4 is 49.0 Å². The molecule has 3 aromatic carbocycles. The maximum Gasteiger partial charge on any atom is 0.231 e. The highest BCUT2D eigenvalue weighted by atomic mass is 32.1. The average molecular weight is 345 g/mol. The number of nitrogens with zero attached hydrogens (tertiary/aromatic N) is 4. The molecule has 4 rings (SSSR count). The fourth-order valence-corrected chi connectivity index (χ4v) is 3.29. The van der Waals surface area contributed by atoms with Gasteiger partial charge in [-0.05, 0) is 30.5 Å². The number of aromatic nitrogens is 1. The van der Waals surface area contributed by atoms with Crippen molar-refractivity contribution < 1.29 is 0 Å². The quantitative estimate of drug-likeness (QED) is 0.215. The Morgan fingerprint density at radius 3 is 2.68 bits per heavy atom. The molecule has 0 saturated heterocycles. The molecule has 1 aromatic heterocycles. The minimum Gasteiger partial charge on any atom is -0.276 e. The highest BCUT2D eigenvalue weighted by Crippen LogP contribution is 2.28. The van der Waals surface area contributed by atoms with Crippen LogP contribution in [0.1, 0.15) is 6.92 Å². The molecule has 4 aromatic rings. The van der Waals surface area contributed by atoms with Gasteiger partial charge < -0.3 is 0 Å². The minimum absolute atomic E-state index is 0.534. The summed E-state index contributed by atoms with van der Waals surface area (Å²) in [4.78, 5) is 4.43. The predicted molar refractivity (Wildman–Crippen MR) is 105 cm³/mol. The number of hydrazone groups is 1. The van der Waals surface area contributed by atoms with Gasteiger partial charge in [-0.25, -0.2) is 4.98 Å². The van der Waals surface area contributed by atoms with Gasteiger partial charge >= 0.3 is 0 Å². The Kier molecular flexibility index (Phi) is 4.18. The Balaban J connectivity index is 1.53. The van der Waals surface area contributed by atoms with Crippen LogP contribution in [0.2, 0.25) is 0 Å². The molecule has 1 N–H and O–H groups in total. The van der Waals surface area contributed by atoms with Crippen LogP contribution in [0, 0.1) is 0 Å². The van der Waals surface area contributed by atoms with Gasteiger partial charge in [0.25, 0.3) is 0 Å². The van der Waals surface area contributed by atoms with Crippen molar-refractivity contribution in [2.45, 2.75) is 6.92 Å². The molecule has 0 aliphatic carbocycles. The van der Waals surface area contributed by atoms with Crippen LogP contribution in [-0.4, -0.2) is 10.8 Å². The number of fused-ring (bicyclic) bond motifs is 2. The number of para-hydroxylation sites is 1. The molecule has 0 fully saturated rings. The second kappa shape index (κ2) is 6.78. The number of hydrogen-bond acceptors (Lipinski definition) is 5. The van der Waals surface area contributed by atoms with Gasteiger partial charge in [-0.15, -0.1) is 10.2 Å². The molecule has 25 heavy (non-hydrogen) atoms. The molecule has 6 heteroatoms. The first kappa shape index (κ1) is 15.4. The second-order valence-electron chi connectivity index (χ2n) is 5.46. The van der Waals surface area contributed by atoms with E-state index in [4.69, 9.17) is 0 Å². The van der Waals surface area contributed by atoms with Gasteiger partial charge in [0.1, 0.15) is 0 Å². The van der Waals surface area contributed by atoms with Crippen LogP contribution in [0.5, 0.6) is 0 Å². The van der Waals surface area contributed by atoms with Crippen molar-refractivity contribution in [2.24, 2.45) is 15.3 Å². The smallest absolute Gasteiger partial charge is 0.231 e. The Bertz CT molecular complexity index is 1060. The number of benzene rings is 3. The maximum atomic E-state index is 4.43. The van der Waals surface area contributed by atoms with Crippen LogP contribution < -0.4 is 5.43 Å². The number of amidine groups is 1. The molecule has 0 saturated carbocycles. The largest absolute Gasteiger partial charge is 0.276 e. The average Bonchev–Trinajstić information content (AvgIpc) is 3.07. The number of hydrogen-bond donors (Lipinski definition) is 1. The lowest BCUT2D eigenvalue weighted by atomic mass is 10.1. The third-order valence-electron chi connectivity index (χ3n) is 3.69. The fraction of sp³-hybridized carbons (Fsp3) is 0.0526. The first-order valence-electron chi connectivity index (χ1n) is 7.85. The monoisotopic (exact) mass is 345 g/mol. The van der Waals surface area contributed by atoms with Crippen LogP contribution in [0.3, 0.4) is 0 Å². The van der Waals surface area contributed by atoms with E-state index < -0.39 is 0 Å². The van der Waals surface area contributed by atoms with Crippen molar-refractivity contribution in [1.82, 2.24) is 4.98 Å². The molecule has 0 spiro atoms. The Morgan fingerprint density at radius 1 is 0.960 bits per heavy atom. The summed E-state index contributed by atoms with van der Waals surface area (Å²) >= 11 is 1.51. The van der Waals surface area contributed by atoms with E-state index in [2.05, 4.69) is 43.9 Å². The SMILES string of the molecule is C/C(N=Nc1nc2ccccc2s1)=N/Nc1cccc2ccccc12. The Hall–Kier alpha value is -3.12. The summed E-state index contributed by atoms with van der Waals surface area (Å²) in [7, 11) is 0. The molecule has 5 nitrogen and oxygen atoms in total. The molecule has 0 unspecified atom stereocenters. The van der Waals surface area contributed by atoms with Crippen LogP contribution in [0.25, 0.3) is 21.0 Å². The predicted octanol–water partition coefficient (Wildman–Crippen LogP) is 5.98. The topological polar surface area (TPSA) is 62.0 Å². The van der Waals surface area contributed by atoms with Crippen molar-refractivity contribution in [2.75, 3.05) is 5.43 Å². The molecule has 122 valence electrons. The van der Waals surface area contributed by atoms with Crippen molar-refractivity contribution in [1.29, 1.82) is 0 Å². The van der Waals surface area contributed by atoms with E-state index in [1.807, 2.05) is 48.5 Å². The minimum atomic E-state index is 0.534. The zero-order chi connectivity index (χ0) is 17.1. The molecular weight excluding hydrogens is 330 g/mol. The molecule has 0 aliphatic heterocycles. The van der Waals surface area contributed by atoms with E-state index in [-0.39, 0.29) is 0 Å². The van der Waals surface area contributed by atoms with E-state index in [0.717, 1.165) is 26.7 Å². The molecule has 0 atom stereocenters. The third kappa shape index (κ3) is 3.39. The third-order valence-corrected chi connectivity index (χ3v) is 4.61. The summed E-state index contributed by atoms with van der Waals surface area (Å²) in [6.45, 7) is 1.80. The van der Waals surface area contributed by atoms with Gasteiger partial charge in [-0.1, -0.05) is 59.9 Å². The zero-order valence-electron chi connectivity index (χ0n) is 13.5. The van der Waals surface area contributed by atoms with Crippen LogP contribution >= 0.6 is 11.3 Å². The van der Waals surface area contributed by atoms with E-state index >= 15 is 0 Å². The van der Waals surface area contributed by atoms with Crippen LogP contribution in [0.4, 0.5) is 10.8 Å². The first-order chi connectivity index (χ1) is 12.3. The van der Waals surface area contributed by atoms with E-state index in [1.165, 1.54) is 11.3 Å². The van der Waals surface area contributed by atoms with Crippen LogP contribution in [0.15, 0.2) is 82.1 Å². The normalized spacial score (nSPS) is 12.3. The highest BCUT2D eigenvalue weighted by Gasteiger charge is 2.02. The number of thiazole rings is 1. The standard InChI is InChI=1S/C19H15N5S/c1-13(22-24-19-20-17-10-4-5-12-18(17)25-19)21-23-16-11-6-8-14-7-2-3-9-15(14)16/h2-12,23H,1H3/b21-13-,24-22?. The molecule has 1 heterocycles. The van der Waals surface area contributed by atoms with Gasteiger partial charge in [0, 0.05) is 5.39 Å². The van der Waals surface area contributed by atoms with Crippen molar-refractivity contribution in [3.8, 4) is 0 Å². The summed E-state index contributed by atoms with van der Waals surface area (Å²) in [5, 5.41) is 15.5. The van der Waals surface area contributed by atoms with Gasteiger partial charge in [-0.3, -0.25) is 5.43 Å². The lowest BCUT2D eigenvalue weighted by molar-refractivity contribution is 1.20. The van der Waals surface area contributed by atoms with Gasteiger partial charge in [0.05, 0.1) is 15.9 Å². The number of rotatable bonds is 3.